The predicted octanol–water partition coefficient (Wildman–Crippen LogP) is 0.699. The third-order valence-electron chi connectivity index (χ3n) is 2.87. The molecule has 0 aliphatic carbocycles. The molecule has 2 aromatic rings. The summed E-state index contributed by atoms with van der Waals surface area (Å²) >= 11 is 0. The molecule has 108 valence electrons. The van der Waals surface area contributed by atoms with E-state index in [0.717, 1.165) is 5.56 Å². The van der Waals surface area contributed by atoms with Gasteiger partial charge in [-0.1, -0.05) is 6.92 Å². The number of aryl methyl sites for hydroxylation is 1. The Kier molecular flexibility index (Phi) is 4.67. The van der Waals surface area contributed by atoms with E-state index in [1.807, 2.05) is 13.0 Å². The summed E-state index contributed by atoms with van der Waals surface area (Å²) in [5.41, 5.74) is 7.21. The number of nitrogens with zero attached hydrogens (tertiary/aromatic N) is 4. The van der Waals surface area contributed by atoms with E-state index in [0.29, 0.717) is 35.3 Å². The molecular formula is C12H17N5O2S. The normalized spacial score (nSPS) is 12.3. The minimum Gasteiger partial charge on any atom is -0.495 e. The van der Waals surface area contributed by atoms with Crippen LogP contribution in [0.4, 0.5) is 5.69 Å². The van der Waals surface area contributed by atoms with Crippen LogP contribution in [0.2, 0.25) is 0 Å². The number of aromatic nitrogens is 4. The van der Waals surface area contributed by atoms with E-state index in [-0.39, 0.29) is 0 Å². The van der Waals surface area contributed by atoms with E-state index in [9.17, 15) is 4.21 Å². The number of hydrogen-bond acceptors (Lipinski definition) is 6. The highest BCUT2D eigenvalue weighted by Crippen LogP contribution is 2.26. The molecule has 1 aromatic carbocycles. The van der Waals surface area contributed by atoms with Crippen LogP contribution in [0.25, 0.3) is 11.4 Å². The summed E-state index contributed by atoms with van der Waals surface area (Å²) in [5.74, 6) is 2.37. The number of anilines is 1. The number of tetrazole rings is 1. The van der Waals surface area contributed by atoms with Gasteiger partial charge >= 0.3 is 0 Å². The highest BCUT2D eigenvalue weighted by molar-refractivity contribution is 7.84. The van der Waals surface area contributed by atoms with Gasteiger partial charge in [0.05, 0.1) is 19.3 Å². The molecule has 2 N–H and O–H groups in total. The minimum atomic E-state index is -0.847. The molecular weight excluding hydrogens is 278 g/mol. The number of nitrogens with two attached hydrogens (primary N) is 1. The predicted molar refractivity (Wildman–Crippen MR) is 77.8 cm³/mol. The van der Waals surface area contributed by atoms with Crippen LogP contribution >= 0.6 is 0 Å². The average molecular weight is 295 g/mol. The fourth-order valence-corrected chi connectivity index (χ4v) is 2.43. The van der Waals surface area contributed by atoms with Gasteiger partial charge < -0.3 is 10.5 Å². The molecule has 1 unspecified atom stereocenters. The Bertz CT molecular complexity index is 614. The van der Waals surface area contributed by atoms with Crippen molar-refractivity contribution in [2.45, 2.75) is 13.5 Å². The van der Waals surface area contributed by atoms with Gasteiger partial charge in [-0.15, -0.1) is 5.10 Å². The summed E-state index contributed by atoms with van der Waals surface area (Å²) in [7, 11) is 0.718. The van der Waals surface area contributed by atoms with Crippen LogP contribution in [0.3, 0.4) is 0 Å². The van der Waals surface area contributed by atoms with Crippen LogP contribution in [0.1, 0.15) is 6.92 Å². The second kappa shape index (κ2) is 6.47. The van der Waals surface area contributed by atoms with Gasteiger partial charge in [0.1, 0.15) is 5.75 Å². The van der Waals surface area contributed by atoms with Gasteiger partial charge in [-0.3, -0.25) is 4.21 Å². The number of ether oxygens (including phenoxy) is 1. The minimum absolute atomic E-state index is 0.509. The van der Waals surface area contributed by atoms with Crippen LogP contribution in [-0.2, 0) is 17.3 Å². The molecule has 0 radical (unpaired) electrons. The van der Waals surface area contributed by atoms with Gasteiger partial charge in [-0.05, 0) is 28.6 Å². The van der Waals surface area contributed by atoms with Crippen molar-refractivity contribution in [2.24, 2.45) is 0 Å². The molecule has 20 heavy (non-hydrogen) atoms. The summed E-state index contributed by atoms with van der Waals surface area (Å²) in [6, 6.07) is 5.37. The van der Waals surface area contributed by atoms with E-state index < -0.39 is 10.8 Å². The molecule has 0 amide bonds. The Labute approximate surface area is 119 Å². The number of benzene rings is 1. The van der Waals surface area contributed by atoms with Gasteiger partial charge in [0, 0.05) is 27.9 Å². The first kappa shape index (κ1) is 14.4. The molecule has 1 atom stereocenters. The Hall–Kier alpha value is -1.96. The standard InChI is InChI=1S/C12H17N5O2S/c1-3-20(18)7-6-17-12(14-15-16-17)9-4-5-11(19-2)10(13)8-9/h4-5,8H,3,6-7,13H2,1-2H3. The Balaban J connectivity index is 2.23. The van der Waals surface area contributed by atoms with Gasteiger partial charge in [-0.2, -0.15) is 0 Å². The van der Waals surface area contributed by atoms with E-state index >= 15 is 0 Å². The fourth-order valence-electron chi connectivity index (χ4n) is 1.77. The first-order chi connectivity index (χ1) is 9.65. The number of rotatable bonds is 6. The quantitative estimate of drug-likeness (QED) is 0.788. The Morgan fingerprint density at radius 2 is 2.25 bits per heavy atom. The SMILES string of the molecule is CCS(=O)CCn1nnnc1-c1ccc(OC)c(N)c1. The van der Waals surface area contributed by atoms with Crippen molar-refractivity contribution >= 4 is 16.5 Å². The lowest BCUT2D eigenvalue weighted by molar-refractivity contribution is 0.417. The maximum atomic E-state index is 11.5. The van der Waals surface area contributed by atoms with Crippen molar-refractivity contribution in [3.05, 3.63) is 18.2 Å². The van der Waals surface area contributed by atoms with Crippen molar-refractivity contribution in [2.75, 3.05) is 24.3 Å². The zero-order valence-electron chi connectivity index (χ0n) is 11.4. The maximum absolute atomic E-state index is 11.5. The molecule has 0 saturated carbocycles. The third-order valence-corrected chi connectivity index (χ3v) is 4.15. The summed E-state index contributed by atoms with van der Waals surface area (Å²) in [5, 5.41) is 11.6. The molecule has 8 heteroatoms. The second-order valence-electron chi connectivity index (χ2n) is 4.11. The van der Waals surface area contributed by atoms with E-state index in [2.05, 4.69) is 15.5 Å². The van der Waals surface area contributed by atoms with Crippen molar-refractivity contribution < 1.29 is 8.95 Å². The molecule has 0 saturated heterocycles. The largest absolute Gasteiger partial charge is 0.495 e. The maximum Gasteiger partial charge on any atom is 0.182 e. The fraction of sp³-hybridized carbons (Fsp3) is 0.417. The summed E-state index contributed by atoms with van der Waals surface area (Å²) in [6.07, 6.45) is 0. The molecule has 0 bridgehead atoms. The Morgan fingerprint density at radius 1 is 1.45 bits per heavy atom. The Morgan fingerprint density at radius 3 is 2.90 bits per heavy atom. The lowest BCUT2D eigenvalue weighted by Gasteiger charge is -2.07. The molecule has 1 heterocycles. The first-order valence-corrected chi connectivity index (χ1v) is 7.69. The average Bonchev–Trinajstić information content (AvgIpc) is 2.93. The summed E-state index contributed by atoms with van der Waals surface area (Å²) in [4.78, 5) is 0. The van der Waals surface area contributed by atoms with Crippen LogP contribution < -0.4 is 10.5 Å². The smallest absolute Gasteiger partial charge is 0.182 e. The van der Waals surface area contributed by atoms with Gasteiger partial charge in [0.25, 0.3) is 0 Å². The topological polar surface area (TPSA) is 95.9 Å². The van der Waals surface area contributed by atoms with Crippen molar-refractivity contribution in [3.8, 4) is 17.1 Å². The zero-order valence-corrected chi connectivity index (χ0v) is 12.3. The van der Waals surface area contributed by atoms with Crippen molar-refractivity contribution in [1.29, 1.82) is 0 Å². The lowest BCUT2D eigenvalue weighted by atomic mass is 10.2. The zero-order chi connectivity index (χ0) is 14.5. The summed E-state index contributed by atoms with van der Waals surface area (Å²) < 4.78 is 18.2. The van der Waals surface area contributed by atoms with Crippen LogP contribution in [0, 0.1) is 0 Å². The van der Waals surface area contributed by atoms with Crippen LogP contribution in [-0.4, -0.2) is 43.0 Å². The number of nitrogen functional groups attached to an aromatic ring is 1. The molecule has 0 spiro atoms. The first-order valence-electron chi connectivity index (χ1n) is 6.20. The molecule has 0 aliphatic rings. The van der Waals surface area contributed by atoms with E-state index in [4.69, 9.17) is 10.5 Å². The molecule has 2 rings (SSSR count). The molecule has 1 aromatic heterocycles. The third kappa shape index (κ3) is 3.13. The molecule has 7 nitrogen and oxygen atoms in total. The van der Waals surface area contributed by atoms with Crippen LogP contribution in [0.5, 0.6) is 5.75 Å². The van der Waals surface area contributed by atoms with E-state index in [1.165, 1.54) is 0 Å². The van der Waals surface area contributed by atoms with Gasteiger partial charge in [0.15, 0.2) is 5.82 Å². The highest BCUT2D eigenvalue weighted by Gasteiger charge is 2.11. The monoisotopic (exact) mass is 295 g/mol. The van der Waals surface area contributed by atoms with E-state index in [1.54, 1.807) is 23.9 Å². The summed E-state index contributed by atoms with van der Waals surface area (Å²) in [6.45, 7) is 2.40. The molecule has 0 fully saturated rings. The van der Waals surface area contributed by atoms with Gasteiger partial charge in [0.2, 0.25) is 0 Å². The lowest BCUT2D eigenvalue weighted by Crippen LogP contribution is -2.11. The van der Waals surface area contributed by atoms with Crippen molar-refractivity contribution in [3.63, 3.8) is 0 Å². The second-order valence-corrected chi connectivity index (χ2v) is 5.98. The van der Waals surface area contributed by atoms with Crippen molar-refractivity contribution in [1.82, 2.24) is 20.2 Å². The van der Waals surface area contributed by atoms with Gasteiger partial charge in [-0.25, -0.2) is 4.68 Å². The number of methoxy groups -OCH3 is 1. The molecule has 0 aliphatic heterocycles. The highest BCUT2D eigenvalue weighted by atomic mass is 32.2. The number of hydrogen-bond donors (Lipinski definition) is 1. The van der Waals surface area contributed by atoms with Crippen LogP contribution in [0.15, 0.2) is 18.2 Å².